The summed E-state index contributed by atoms with van der Waals surface area (Å²) in [4.78, 5) is -1.08. The van der Waals surface area contributed by atoms with Crippen molar-refractivity contribution in [2.75, 3.05) is 10.5 Å². The predicted molar refractivity (Wildman–Crippen MR) is 64.8 cm³/mol. The minimum atomic E-state index is -4.40. The summed E-state index contributed by atoms with van der Waals surface area (Å²) in [5, 5.41) is 3.74. The van der Waals surface area contributed by atoms with Crippen LogP contribution in [0.3, 0.4) is 0 Å². The molecule has 0 aliphatic carbocycles. The molecule has 0 unspecified atom stereocenters. The van der Waals surface area contributed by atoms with Gasteiger partial charge in [0.25, 0.3) is 10.0 Å². The van der Waals surface area contributed by atoms with Crippen LogP contribution in [0.15, 0.2) is 29.3 Å². The van der Waals surface area contributed by atoms with E-state index >= 15 is 0 Å². The van der Waals surface area contributed by atoms with Crippen molar-refractivity contribution >= 4 is 21.5 Å². The number of aryl methyl sites for hydroxylation is 1. The van der Waals surface area contributed by atoms with Crippen LogP contribution in [0.4, 0.5) is 20.3 Å². The molecule has 102 valence electrons. The third-order valence-corrected chi connectivity index (χ3v) is 3.75. The molecule has 0 saturated carbocycles. The highest BCUT2D eigenvalue weighted by molar-refractivity contribution is 7.92. The fourth-order valence-corrected chi connectivity index (χ4v) is 2.71. The van der Waals surface area contributed by atoms with Crippen molar-refractivity contribution in [3.63, 3.8) is 0 Å². The van der Waals surface area contributed by atoms with Gasteiger partial charge in [-0.15, -0.1) is 0 Å². The molecule has 0 atom stereocenters. The average Bonchev–Trinajstić information content (AvgIpc) is 2.61. The molecule has 6 nitrogen and oxygen atoms in total. The minimum absolute atomic E-state index is 0.0793. The first-order valence-corrected chi connectivity index (χ1v) is 6.55. The van der Waals surface area contributed by atoms with Gasteiger partial charge in [-0.25, -0.2) is 17.2 Å². The van der Waals surface area contributed by atoms with Crippen molar-refractivity contribution in [1.82, 2.24) is 9.78 Å². The number of anilines is 2. The number of nitrogens with two attached hydrogens (primary N) is 1. The Morgan fingerprint density at radius 1 is 1.32 bits per heavy atom. The minimum Gasteiger partial charge on any atom is -0.399 e. The Morgan fingerprint density at radius 3 is 2.37 bits per heavy atom. The van der Waals surface area contributed by atoms with Crippen LogP contribution in [0.5, 0.6) is 0 Å². The average molecular weight is 288 g/mol. The lowest BCUT2D eigenvalue weighted by atomic mass is 10.3. The normalized spacial score (nSPS) is 11.5. The summed E-state index contributed by atoms with van der Waals surface area (Å²) in [6.45, 7) is 0. The van der Waals surface area contributed by atoms with Crippen LogP contribution in [0.2, 0.25) is 0 Å². The molecule has 2 aromatic rings. The van der Waals surface area contributed by atoms with Gasteiger partial charge >= 0.3 is 0 Å². The number of hydrogen-bond acceptors (Lipinski definition) is 4. The van der Waals surface area contributed by atoms with Crippen molar-refractivity contribution in [3.05, 3.63) is 36.0 Å². The maximum atomic E-state index is 13.6. The number of aromatic nitrogens is 2. The second kappa shape index (κ2) is 4.50. The van der Waals surface area contributed by atoms with E-state index in [1.807, 2.05) is 4.72 Å². The number of benzene rings is 1. The summed E-state index contributed by atoms with van der Waals surface area (Å²) in [6.07, 6.45) is 1.34. The Bertz CT molecular complexity index is 704. The molecule has 1 aromatic heterocycles. The topological polar surface area (TPSA) is 90.0 Å². The van der Waals surface area contributed by atoms with Crippen molar-refractivity contribution in [2.24, 2.45) is 7.05 Å². The van der Waals surface area contributed by atoms with Gasteiger partial charge in [0.1, 0.15) is 17.5 Å². The van der Waals surface area contributed by atoms with Gasteiger partial charge in [0, 0.05) is 18.8 Å². The van der Waals surface area contributed by atoms with E-state index in [9.17, 15) is 17.2 Å². The summed E-state index contributed by atoms with van der Waals surface area (Å²) in [5.41, 5.74) is 5.02. The van der Waals surface area contributed by atoms with E-state index < -0.39 is 26.6 Å². The molecule has 0 radical (unpaired) electrons. The maximum absolute atomic E-state index is 13.6. The fourth-order valence-electron chi connectivity index (χ4n) is 1.50. The number of nitrogens with one attached hydrogen (secondary N) is 1. The third kappa shape index (κ3) is 2.50. The van der Waals surface area contributed by atoms with E-state index in [0.717, 1.165) is 12.1 Å². The highest BCUT2D eigenvalue weighted by Crippen LogP contribution is 2.23. The van der Waals surface area contributed by atoms with Crippen LogP contribution in [-0.4, -0.2) is 18.2 Å². The lowest BCUT2D eigenvalue weighted by Crippen LogP contribution is -2.18. The number of hydrogen-bond donors (Lipinski definition) is 2. The molecule has 0 saturated heterocycles. The zero-order valence-electron chi connectivity index (χ0n) is 9.76. The van der Waals surface area contributed by atoms with Crippen LogP contribution in [0.25, 0.3) is 0 Å². The summed E-state index contributed by atoms with van der Waals surface area (Å²) in [7, 11) is -2.92. The van der Waals surface area contributed by atoms with Crippen LogP contribution >= 0.6 is 0 Å². The van der Waals surface area contributed by atoms with E-state index in [4.69, 9.17) is 5.73 Å². The van der Waals surface area contributed by atoms with Gasteiger partial charge in [0.05, 0.1) is 6.20 Å². The zero-order valence-corrected chi connectivity index (χ0v) is 10.6. The Labute approximate surface area is 107 Å². The molecule has 0 spiro atoms. The first kappa shape index (κ1) is 13.3. The van der Waals surface area contributed by atoms with Gasteiger partial charge in [-0.05, 0) is 12.1 Å². The second-order valence-electron chi connectivity index (χ2n) is 3.76. The molecule has 2 rings (SSSR count). The second-order valence-corrected chi connectivity index (χ2v) is 5.38. The van der Waals surface area contributed by atoms with Crippen LogP contribution < -0.4 is 10.5 Å². The lowest BCUT2D eigenvalue weighted by Gasteiger charge is -2.10. The molecule has 3 N–H and O–H groups in total. The summed E-state index contributed by atoms with van der Waals surface area (Å²) >= 11 is 0. The summed E-state index contributed by atoms with van der Waals surface area (Å²) in [5.74, 6) is -2.44. The number of nitrogen functional groups attached to an aromatic ring is 1. The van der Waals surface area contributed by atoms with Gasteiger partial charge in [0.15, 0.2) is 4.90 Å². The maximum Gasteiger partial charge on any atom is 0.268 e. The van der Waals surface area contributed by atoms with E-state index in [-0.39, 0.29) is 11.5 Å². The molecular weight excluding hydrogens is 278 g/mol. The quantitative estimate of drug-likeness (QED) is 0.827. The Kier molecular flexibility index (Phi) is 3.14. The predicted octanol–water partition coefficient (Wildman–Crippen LogP) is 1.08. The molecule has 0 aliphatic heterocycles. The molecule has 19 heavy (non-hydrogen) atoms. The van der Waals surface area contributed by atoms with Crippen LogP contribution in [0, 0.1) is 11.6 Å². The Hall–Kier alpha value is -2.16. The van der Waals surface area contributed by atoms with E-state index in [1.165, 1.54) is 24.0 Å². The fraction of sp³-hybridized carbons (Fsp3) is 0.100. The van der Waals surface area contributed by atoms with E-state index in [1.54, 1.807) is 0 Å². The zero-order chi connectivity index (χ0) is 14.2. The number of rotatable bonds is 3. The first-order chi connectivity index (χ1) is 8.81. The van der Waals surface area contributed by atoms with Crippen molar-refractivity contribution < 1.29 is 17.2 Å². The highest BCUT2D eigenvalue weighted by atomic mass is 32.2. The molecule has 0 fully saturated rings. The standard InChI is InChI=1S/C10H10F2N4O2S/c1-16-9(2-3-14-16)15-19(17,18)10-7(11)4-6(13)5-8(10)12/h2-5,15H,13H2,1H3. The smallest absolute Gasteiger partial charge is 0.268 e. The van der Waals surface area contributed by atoms with Gasteiger partial charge in [-0.2, -0.15) is 5.10 Å². The molecule has 0 aliphatic rings. The van der Waals surface area contributed by atoms with Gasteiger partial charge < -0.3 is 5.73 Å². The summed E-state index contributed by atoms with van der Waals surface area (Å²) < 4.78 is 54.3. The SMILES string of the molecule is Cn1nccc1NS(=O)(=O)c1c(F)cc(N)cc1F. The molecule has 1 heterocycles. The van der Waals surface area contributed by atoms with Crippen molar-refractivity contribution in [2.45, 2.75) is 4.90 Å². The number of sulfonamides is 1. The third-order valence-electron chi connectivity index (χ3n) is 2.35. The number of halogens is 2. The van der Waals surface area contributed by atoms with Crippen molar-refractivity contribution in [3.8, 4) is 0 Å². The van der Waals surface area contributed by atoms with Gasteiger partial charge in [0.2, 0.25) is 0 Å². The Morgan fingerprint density at radius 2 is 1.89 bits per heavy atom. The molecule has 0 bridgehead atoms. The molecular formula is C10H10F2N4O2S. The van der Waals surface area contributed by atoms with E-state index in [0.29, 0.717) is 0 Å². The van der Waals surface area contributed by atoms with Gasteiger partial charge in [-0.1, -0.05) is 0 Å². The monoisotopic (exact) mass is 288 g/mol. The summed E-state index contributed by atoms with van der Waals surface area (Å²) in [6, 6.07) is 2.83. The van der Waals surface area contributed by atoms with Crippen LogP contribution in [0.1, 0.15) is 0 Å². The first-order valence-electron chi connectivity index (χ1n) is 5.06. The molecule has 0 amide bonds. The largest absolute Gasteiger partial charge is 0.399 e. The lowest BCUT2D eigenvalue weighted by molar-refractivity contribution is 0.522. The Balaban J connectivity index is 2.49. The van der Waals surface area contributed by atoms with Crippen molar-refractivity contribution in [1.29, 1.82) is 0 Å². The number of nitrogens with zero attached hydrogens (tertiary/aromatic N) is 2. The highest BCUT2D eigenvalue weighted by Gasteiger charge is 2.25. The van der Waals surface area contributed by atoms with E-state index in [2.05, 4.69) is 5.10 Å². The molecule has 1 aromatic carbocycles. The van der Waals surface area contributed by atoms with Crippen LogP contribution in [-0.2, 0) is 17.1 Å². The van der Waals surface area contributed by atoms with Gasteiger partial charge in [-0.3, -0.25) is 9.40 Å². The molecule has 9 heteroatoms.